The van der Waals surface area contributed by atoms with Crippen LogP contribution >= 0.6 is 0 Å². The number of ether oxygens (including phenoxy) is 2. The lowest BCUT2D eigenvalue weighted by Crippen LogP contribution is -1.93. The van der Waals surface area contributed by atoms with Gasteiger partial charge < -0.3 is 19.7 Å². The number of benzene rings is 4. The van der Waals surface area contributed by atoms with E-state index in [0.717, 1.165) is 33.0 Å². The van der Waals surface area contributed by atoms with Crippen LogP contribution in [0.3, 0.4) is 0 Å². The quantitative estimate of drug-likeness (QED) is 0.459. The molecule has 0 atom stereocenters. The second-order valence-corrected chi connectivity index (χ2v) is 6.55. The Morgan fingerprint density at radius 2 is 1.04 bits per heavy atom. The van der Waals surface area contributed by atoms with Gasteiger partial charge in [0.25, 0.3) is 0 Å². The first-order valence-corrected chi connectivity index (χ1v) is 9.39. The molecule has 0 saturated carbocycles. The molecule has 0 aliphatic heterocycles. The zero-order chi connectivity index (χ0) is 19.7. The molecule has 4 heteroatoms. The zero-order valence-corrected chi connectivity index (χ0v) is 15.9. The van der Waals surface area contributed by atoms with E-state index in [4.69, 9.17) is 9.47 Å². The Morgan fingerprint density at radius 1 is 0.607 bits per heavy atom. The third-order valence-electron chi connectivity index (χ3n) is 4.81. The van der Waals surface area contributed by atoms with Gasteiger partial charge in [0, 0.05) is 11.1 Å². The second kappa shape index (κ2) is 7.31. The van der Waals surface area contributed by atoms with Crippen LogP contribution in [0.4, 0.5) is 0 Å². The van der Waals surface area contributed by atoms with Gasteiger partial charge in [0.05, 0.1) is 13.2 Å². The fourth-order valence-corrected chi connectivity index (χ4v) is 3.63. The van der Waals surface area contributed by atoms with Crippen molar-refractivity contribution in [1.82, 2.24) is 0 Å². The van der Waals surface area contributed by atoms with Gasteiger partial charge in [-0.15, -0.1) is 0 Å². The molecule has 142 valence electrons. The Morgan fingerprint density at radius 3 is 1.43 bits per heavy atom. The highest BCUT2D eigenvalue weighted by Crippen LogP contribution is 2.45. The van der Waals surface area contributed by atoms with Crippen LogP contribution in [-0.2, 0) is 0 Å². The van der Waals surface area contributed by atoms with Crippen molar-refractivity contribution in [3.8, 4) is 34.1 Å². The normalized spacial score (nSPS) is 11.1. The lowest BCUT2D eigenvalue weighted by atomic mass is 9.92. The molecule has 0 spiro atoms. The molecule has 4 aromatic carbocycles. The molecule has 0 bridgehead atoms. The minimum Gasteiger partial charge on any atom is -0.507 e. The van der Waals surface area contributed by atoms with Crippen molar-refractivity contribution in [2.24, 2.45) is 0 Å². The Kier molecular flexibility index (Phi) is 4.70. The van der Waals surface area contributed by atoms with Gasteiger partial charge in [0.15, 0.2) is 0 Å². The number of phenolic OH excluding ortho intramolecular Hbond substituents is 2. The predicted molar refractivity (Wildman–Crippen MR) is 113 cm³/mol. The Balaban J connectivity index is 2.00. The van der Waals surface area contributed by atoms with E-state index < -0.39 is 0 Å². The van der Waals surface area contributed by atoms with Gasteiger partial charge in [-0.1, -0.05) is 12.1 Å². The molecule has 28 heavy (non-hydrogen) atoms. The molecular weight excluding hydrogens is 352 g/mol. The van der Waals surface area contributed by atoms with Crippen molar-refractivity contribution >= 4 is 21.5 Å². The standard InChI is InChI=1S/C24H22O4/c1-3-27-17-7-9-19-15(13-17)5-11-21(25)23(19)24-20-10-8-18(28-4-2)14-16(20)6-12-22(24)26/h5-14,25-26H,3-4H2,1-2H3. The van der Waals surface area contributed by atoms with Crippen LogP contribution < -0.4 is 9.47 Å². The van der Waals surface area contributed by atoms with Crippen LogP contribution in [0.15, 0.2) is 60.7 Å². The third-order valence-corrected chi connectivity index (χ3v) is 4.81. The summed E-state index contributed by atoms with van der Waals surface area (Å²) < 4.78 is 11.2. The van der Waals surface area contributed by atoms with E-state index in [2.05, 4.69) is 0 Å². The van der Waals surface area contributed by atoms with Crippen molar-refractivity contribution in [3.05, 3.63) is 60.7 Å². The van der Waals surface area contributed by atoms with E-state index in [-0.39, 0.29) is 11.5 Å². The number of rotatable bonds is 5. The summed E-state index contributed by atoms with van der Waals surface area (Å²) in [5.41, 5.74) is 1.21. The average Bonchev–Trinajstić information content (AvgIpc) is 2.69. The van der Waals surface area contributed by atoms with Crippen molar-refractivity contribution in [3.63, 3.8) is 0 Å². The summed E-state index contributed by atoms with van der Waals surface area (Å²) in [5.74, 6) is 1.78. The molecule has 0 unspecified atom stereocenters. The molecule has 4 rings (SSSR count). The number of hydrogen-bond acceptors (Lipinski definition) is 4. The first-order chi connectivity index (χ1) is 13.6. The summed E-state index contributed by atoms with van der Waals surface area (Å²) in [5, 5.41) is 24.9. The summed E-state index contributed by atoms with van der Waals surface area (Å²) in [6, 6.07) is 18.5. The number of hydrogen-bond donors (Lipinski definition) is 2. The first-order valence-electron chi connectivity index (χ1n) is 9.39. The summed E-state index contributed by atoms with van der Waals surface area (Å²) in [4.78, 5) is 0. The number of phenols is 2. The molecule has 4 aromatic rings. The maximum absolute atomic E-state index is 10.7. The van der Waals surface area contributed by atoms with E-state index in [1.54, 1.807) is 12.1 Å². The molecule has 4 nitrogen and oxygen atoms in total. The minimum absolute atomic E-state index is 0.119. The van der Waals surface area contributed by atoms with Crippen LogP contribution in [0.2, 0.25) is 0 Å². The monoisotopic (exact) mass is 374 g/mol. The first kappa shape index (κ1) is 18.0. The van der Waals surface area contributed by atoms with E-state index in [9.17, 15) is 10.2 Å². The van der Waals surface area contributed by atoms with Crippen LogP contribution in [0.1, 0.15) is 13.8 Å². The molecule has 0 heterocycles. The molecule has 2 N–H and O–H groups in total. The number of aromatic hydroxyl groups is 2. The zero-order valence-electron chi connectivity index (χ0n) is 15.9. The van der Waals surface area contributed by atoms with Gasteiger partial charge in [0.2, 0.25) is 0 Å². The Bertz CT molecular complexity index is 1070. The van der Waals surface area contributed by atoms with Gasteiger partial charge >= 0.3 is 0 Å². The summed E-state index contributed by atoms with van der Waals surface area (Å²) >= 11 is 0. The molecule has 0 amide bonds. The lowest BCUT2D eigenvalue weighted by Gasteiger charge is -2.15. The molecule has 0 saturated heterocycles. The molecule has 0 aromatic heterocycles. The van der Waals surface area contributed by atoms with E-state index in [1.165, 1.54) is 0 Å². The predicted octanol–water partition coefficient (Wildman–Crippen LogP) is 5.87. The number of fused-ring (bicyclic) bond motifs is 2. The van der Waals surface area contributed by atoms with E-state index in [1.807, 2.05) is 62.4 Å². The van der Waals surface area contributed by atoms with E-state index >= 15 is 0 Å². The van der Waals surface area contributed by atoms with Crippen LogP contribution in [0.5, 0.6) is 23.0 Å². The van der Waals surface area contributed by atoms with Gasteiger partial charge in [0.1, 0.15) is 23.0 Å². The van der Waals surface area contributed by atoms with Crippen LogP contribution in [0.25, 0.3) is 32.7 Å². The molecule has 0 radical (unpaired) electrons. The Labute approximate surface area is 163 Å². The van der Waals surface area contributed by atoms with Crippen molar-refractivity contribution in [2.45, 2.75) is 13.8 Å². The van der Waals surface area contributed by atoms with Gasteiger partial charge in [-0.05, 0) is 83.9 Å². The lowest BCUT2D eigenvalue weighted by molar-refractivity contribution is 0.340. The summed E-state index contributed by atoms with van der Waals surface area (Å²) in [7, 11) is 0. The molecule has 0 aliphatic rings. The highest BCUT2D eigenvalue weighted by molar-refractivity contribution is 6.10. The summed E-state index contributed by atoms with van der Waals surface area (Å²) in [6.45, 7) is 5.06. The van der Waals surface area contributed by atoms with Crippen LogP contribution in [0, 0.1) is 0 Å². The smallest absolute Gasteiger partial charge is 0.124 e. The van der Waals surface area contributed by atoms with Gasteiger partial charge in [-0.3, -0.25) is 0 Å². The highest BCUT2D eigenvalue weighted by Gasteiger charge is 2.17. The Hall–Kier alpha value is -3.40. The maximum Gasteiger partial charge on any atom is 0.124 e. The van der Waals surface area contributed by atoms with Gasteiger partial charge in [-0.2, -0.15) is 0 Å². The highest BCUT2D eigenvalue weighted by atomic mass is 16.5. The third kappa shape index (κ3) is 3.07. The van der Waals surface area contributed by atoms with Crippen molar-refractivity contribution in [1.29, 1.82) is 0 Å². The average molecular weight is 374 g/mol. The summed E-state index contributed by atoms with van der Waals surface area (Å²) in [6.07, 6.45) is 0. The molecule has 0 aliphatic carbocycles. The topological polar surface area (TPSA) is 58.9 Å². The van der Waals surface area contributed by atoms with Gasteiger partial charge in [-0.25, -0.2) is 0 Å². The molecular formula is C24H22O4. The van der Waals surface area contributed by atoms with Crippen molar-refractivity contribution in [2.75, 3.05) is 13.2 Å². The SMILES string of the molecule is CCOc1ccc2c(-c3c(O)ccc4cc(OCC)ccc34)c(O)ccc2c1. The maximum atomic E-state index is 10.7. The fraction of sp³-hybridized carbons (Fsp3) is 0.167. The van der Waals surface area contributed by atoms with Crippen LogP contribution in [-0.4, -0.2) is 23.4 Å². The van der Waals surface area contributed by atoms with E-state index in [0.29, 0.717) is 24.3 Å². The second-order valence-electron chi connectivity index (χ2n) is 6.55. The fourth-order valence-electron chi connectivity index (χ4n) is 3.63. The minimum atomic E-state index is 0.119. The van der Waals surface area contributed by atoms with Crippen molar-refractivity contribution < 1.29 is 19.7 Å². The molecule has 0 fully saturated rings. The largest absolute Gasteiger partial charge is 0.507 e.